The van der Waals surface area contributed by atoms with Gasteiger partial charge >= 0.3 is 5.97 Å². The Balaban J connectivity index is 1.68. The highest BCUT2D eigenvalue weighted by Gasteiger charge is 2.18. The molecule has 2 heterocycles. The number of rotatable bonds is 9. The second kappa shape index (κ2) is 11.8. The monoisotopic (exact) mass is 443 g/mol. The number of oxime groups is 1. The second-order valence-corrected chi connectivity index (χ2v) is 6.68. The summed E-state index contributed by atoms with van der Waals surface area (Å²) in [5, 5.41) is 4.11. The largest absolute Gasteiger partial charge is 0.503 e. The summed E-state index contributed by atoms with van der Waals surface area (Å²) in [4.78, 5) is 26.2. The Morgan fingerprint density at radius 1 is 1.22 bits per heavy atom. The van der Waals surface area contributed by atoms with Crippen LogP contribution in [0.4, 0.5) is 0 Å². The second-order valence-electron chi connectivity index (χ2n) is 6.68. The van der Waals surface area contributed by atoms with Gasteiger partial charge in [0, 0.05) is 17.8 Å². The van der Waals surface area contributed by atoms with Crippen LogP contribution in [0.2, 0.25) is 0 Å². The molecule has 0 N–H and O–H groups in total. The summed E-state index contributed by atoms with van der Waals surface area (Å²) in [5.74, 6) is 0.238. The van der Waals surface area contributed by atoms with Crippen LogP contribution < -0.4 is 4.74 Å². The van der Waals surface area contributed by atoms with Gasteiger partial charge in [-0.1, -0.05) is 29.4 Å². The van der Waals surface area contributed by atoms with Gasteiger partial charge in [0.2, 0.25) is 5.88 Å². The minimum atomic E-state index is -0.516. The van der Waals surface area contributed by atoms with Crippen LogP contribution in [-0.2, 0) is 35.2 Å². The Hall–Kier alpha value is -3.50. The van der Waals surface area contributed by atoms with E-state index in [1.165, 1.54) is 20.5 Å². The van der Waals surface area contributed by atoms with Crippen molar-refractivity contribution in [3.63, 3.8) is 0 Å². The van der Waals surface area contributed by atoms with Gasteiger partial charge in [-0.2, -0.15) is 4.98 Å². The average molecular weight is 443 g/mol. The number of carbonyl (C=O) groups excluding carboxylic acids is 1. The summed E-state index contributed by atoms with van der Waals surface area (Å²) in [5.41, 5.74) is 2.09. The molecule has 0 aliphatic carbocycles. The van der Waals surface area contributed by atoms with E-state index in [0.29, 0.717) is 36.2 Å². The fourth-order valence-electron chi connectivity index (χ4n) is 2.88. The first-order chi connectivity index (χ1) is 15.6. The molecule has 1 aromatic heterocycles. The summed E-state index contributed by atoms with van der Waals surface area (Å²) < 4.78 is 26.1. The molecule has 0 spiro atoms. The van der Waals surface area contributed by atoms with Gasteiger partial charge in [0.1, 0.15) is 30.8 Å². The molecule has 32 heavy (non-hydrogen) atoms. The minimum absolute atomic E-state index is 0.110. The third kappa shape index (κ3) is 6.25. The van der Waals surface area contributed by atoms with Gasteiger partial charge in [-0.05, 0) is 12.5 Å². The predicted molar refractivity (Wildman–Crippen MR) is 114 cm³/mol. The maximum atomic E-state index is 12.1. The van der Waals surface area contributed by atoms with E-state index in [1.807, 2.05) is 18.2 Å². The van der Waals surface area contributed by atoms with Gasteiger partial charge in [-0.3, -0.25) is 0 Å². The van der Waals surface area contributed by atoms with Gasteiger partial charge in [-0.15, -0.1) is 0 Å². The lowest BCUT2D eigenvalue weighted by Crippen LogP contribution is -2.34. The molecular weight excluding hydrogens is 418 g/mol. The third-order valence-electron chi connectivity index (χ3n) is 4.39. The summed E-state index contributed by atoms with van der Waals surface area (Å²) >= 11 is 0. The molecule has 1 aliphatic rings. The highest BCUT2D eigenvalue weighted by atomic mass is 16.7. The molecule has 1 aromatic carbocycles. The molecule has 0 amide bonds. The molecular formula is C22H25N3O7. The van der Waals surface area contributed by atoms with Gasteiger partial charge in [0.25, 0.3) is 0 Å². The summed E-state index contributed by atoms with van der Waals surface area (Å²) in [6, 6.07) is 8.90. The number of hydrogen-bond acceptors (Lipinski definition) is 10. The molecule has 1 fully saturated rings. The van der Waals surface area contributed by atoms with Crippen LogP contribution in [0.15, 0.2) is 47.9 Å². The average Bonchev–Trinajstić information content (AvgIpc) is 2.83. The Labute approximate surface area is 185 Å². The van der Waals surface area contributed by atoms with Crippen LogP contribution in [0.25, 0.3) is 5.57 Å². The highest BCUT2D eigenvalue weighted by Crippen LogP contribution is 2.22. The lowest BCUT2D eigenvalue weighted by atomic mass is 10.0. The maximum absolute atomic E-state index is 12.1. The number of nitrogens with zero attached hydrogens (tertiary/aromatic N) is 3. The van der Waals surface area contributed by atoms with Gasteiger partial charge in [-0.25, -0.2) is 9.78 Å². The van der Waals surface area contributed by atoms with Crippen LogP contribution in [0, 0.1) is 0 Å². The normalized spacial score (nSPS) is 15.2. The van der Waals surface area contributed by atoms with Crippen molar-refractivity contribution in [1.29, 1.82) is 0 Å². The quantitative estimate of drug-likeness (QED) is 0.190. The number of carbonyl (C=O) groups is 1. The molecule has 0 saturated carbocycles. The van der Waals surface area contributed by atoms with E-state index >= 15 is 0 Å². The molecule has 0 bridgehead atoms. The maximum Gasteiger partial charge on any atom is 0.341 e. The predicted octanol–water partition coefficient (Wildman–Crippen LogP) is 2.33. The Bertz CT molecular complexity index is 972. The topological polar surface area (TPSA) is 111 Å². The first kappa shape index (κ1) is 23.2. The van der Waals surface area contributed by atoms with Crippen molar-refractivity contribution < 1.29 is 33.3 Å². The molecule has 0 unspecified atom stereocenters. The van der Waals surface area contributed by atoms with Crippen LogP contribution >= 0.6 is 0 Å². The molecule has 0 radical (unpaired) electrons. The van der Waals surface area contributed by atoms with Gasteiger partial charge < -0.3 is 28.5 Å². The van der Waals surface area contributed by atoms with Crippen LogP contribution in [-0.4, -0.2) is 62.0 Å². The van der Waals surface area contributed by atoms with Crippen molar-refractivity contribution in [2.45, 2.75) is 19.6 Å². The van der Waals surface area contributed by atoms with E-state index in [-0.39, 0.29) is 25.1 Å². The first-order valence-electron chi connectivity index (χ1n) is 9.84. The smallest absolute Gasteiger partial charge is 0.341 e. The van der Waals surface area contributed by atoms with Crippen molar-refractivity contribution in [2.75, 3.05) is 34.2 Å². The molecule has 10 heteroatoms. The van der Waals surface area contributed by atoms with Crippen LogP contribution in [0.3, 0.4) is 0 Å². The van der Waals surface area contributed by atoms with Crippen molar-refractivity contribution in [1.82, 2.24) is 9.97 Å². The van der Waals surface area contributed by atoms with E-state index in [0.717, 1.165) is 5.56 Å². The van der Waals surface area contributed by atoms with E-state index in [9.17, 15) is 4.79 Å². The summed E-state index contributed by atoms with van der Waals surface area (Å²) in [6.07, 6.45) is 2.68. The summed E-state index contributed by atoms with van der Waals surface area (Å²) in [7, 11) is 2.77. The number of esters is 1. The van der Waals surface area contributed by atoms with Gasteiger partial charge in [0.05, 0.1) is 33.7 Å². The third-order valence-corrected chi connectivity index (χ3v) is 4.39. The van der Waals surface area contributed by atoms with Crippen molar-refractivity contribution in [3.05, 3.63) is 59.7 Å². The van der Waals surface area contributed by atoms with Crippen LogP contribution in [0.1, 0.15) is 23.9 Å². The van der Waals surface area contributed by atoms with Crippen molar-refractivity contribution in [3.8, 4) is 5.88 Å². The molecule has 0 atom stereocenters. The fraction of sp³-hybridized carbons (Fsp3) is 0.364. The van der Waals surface area contributed by atoms with Crippen molar-refractivity contribution >= 4 is 17.3 Å². The number of benzene rings is 1. The fourth-order valence-corrected chi connectivity index (χ4v) is 2.88. The highest BCUT2D eigenvalue weighted by molar-refractivity contribution is 6.16. The Morgan fingerprint density at radius 2 is 2.00 bits per heavy atom. The van der Waals surface area contributed by atoms with Crippen LogP contribution in [0.5, 0.6) is 5.88 Å². The molecule has 1 aliphatic heterocycles. The lowest BCUT2D eigenvalue weighted by molar-refractivity contribution is -0.144. The molecule has 1 saturated heterocycles. The zero-order chi connectivity index (χ0) is 22.8. The molecule has 170 valence electrons. The standard InChI is InChI=1S/C22H25N3O7/c1-15(21-23-9-8-20(24-21)32-17-11-29-14-30-12-17)25-31-10-16-6-4-5-7-18(16)19(13-27-2)22(26)28-3/h4-9,13,17H,10-12,14H2,1-3H3/b19-13+,25-15+. The van der Waals surface area contributed by atoms with E-state index < -0.39 is 5.97 Å². The number of hydrogen-bond donors (Lipinski definition) is 0. The van der Waals surface area contributed by atoms with E-state index in [4.69, 9.17) is 28.5 Å². The minimum Gasteiger partial charge on any atom is -0.503 e. The Morgan fingerprint density at radius 3 is 2.75 bits per heavy atom. The first-order valence-corrected chi connectivity index (χ1v) is 9.84. The molecule has 10 nitrogen and oxygen atoms in total. The number of aromatic nitrogens is 2. The SMILES string of the molecule is CO/C=C(/C(=O)OC)c1ccccc1CO/N=C(\C)c1nccc(OC2COCOC2)n1. The lowest BCUT2D eigenvalue weighted by Gasteiger charge is -2.22. The zero-order valence-corrected chi connectivity index (χ0v) is 18.1. The zero-order valence-electron chi connectivity index (χ0n) is 18.1. The molecule has 2 aromatic rings. The number of methoxy groups -OCH3 is 2. The Kier molecular flexibility index (Phi) is 8.52. The van der Waals surface area contributed by atoms with E-state index in [1.54, 1.807) is 25.3 Å². The van der Waals surface area contributed by atoms with E-state index in [2.05, 4.69) is 15.1 Å². The van der Waals surface area contributed by atoms with Crippen molar-refractivity contribution in [2.24, 2.45) is 5.16 Å². The molecule has 3 rings (SSSR count). The summed E-state index contributed by atoms with van der Waals surface area (Å²) in [6.45, 7) is 2.96. The number of ether oxygens (including phenoxy) is 5. The van der Waals surface area contributed by atoms with Gasteiger partial charge in [0.15, 0.2) is 5.82 Å².